The predicted octanol–water partition coefficient (Wildman–Crippen LogP) is 1.38. The van der Waals surface area contributed by atoms with Gasteiger partial charge in [0.1, 0.15) is 0 Å². The Hall–Kier alpha value is -2.48. The van der Waals surface area contributed by atoms with E-state index in [0.29, 0.717) is 31.6 Å². The van der Waals surface area contributed by atoms with Gasteiger partial charge >= 0.3 is 5.97 Å². The lowest BCUT2D eigenvalue weighted by Crippen LogP contribution is -2.39. The summed E-state index contributed by atoms with van der Waals surface area (Å²) >= 11 is 0. The minimum absolute atomic E-state index is 0.0191. The maximum Gasteiger partial charge on any atom is 0.308 e. The van der Waals surface area contributed by atoms with Crippen LogP contribution in [-0.2, 0) is 20.7 Å². The molecule has 0 spiro atoms. The molecule has 1 saturated heterocycles. The van der Waals surface area contributed by atoms with Gasteiger partial charge in [0.2, 0.25) is 5.91 Å². The molecule has 0 saturated carbocycles. The summed E-state index contributed by atoms with van der Waals surface area (Å²) in [5, 5.41) is 22.7. The van der Waals surface area contributed by atoms with Crippen LogP contribution in [0.3, 0.4) is 0 Å². The van der Waals surface area contributed by atoms with Crippen LogP contribution in [0.4, 0.5) is 5.69 Å². The number of carbonyl (C=O) groups excluding carboxylic acids is 1. The van der Waals surface area contributed by atoms with Gasteiger partial charge in [0, 0.05) is 31.9 Å². The maximum atomic E-state index is 12.0. The smallest absolute Gasteiger partial charge is 0.308 e. The first-order valence-corrected chi connectivity index (χ1v) is 7.78. The van der Waals surface area contributed by atoms with Crippen molar-refractivity contribution in [3.05, 3.63) is 39.9 Å². The minimum Gasteiger partial charge on any atom is -0.481 e. The van der Waals surface area contributed by atoms with Crippen molar-refractivity contribution in [1.82, 2.24) is 5.32 Å². The van der Waals surface area contributed by atoms with Crippen molar-refractivity contribution < 1.29 is 24.4 Å². The Labute approximate surface area is 139 Å². The Morgan fingerprint density at radius 2 is 2.08 bits per heavy atom. The van der Waals surface area contributed by atoms with E-state index in [0.717, 1.165) is 0 Å². The lowest BCUT2D eigenvalue weighted by Gasteiger charge is -2.27. The van der Waals surface area contributed by atoms with E-state index < -0.39 is 16.8 Å². The van der Waals surface area contributed by atoms with Gasteiger partial charge in [-0.15, -0.1) is 0 Å². The first-order chi connectivity index (χ1) is 11.5. The standard InChI is InChI=1S/C16H20N2O6/c19-15(9-11-2-1-3-13(8-11)18(22)23)17-10-14(16(20)21)12-4-6-24-7-5-12/h1-3,8,12,14H,4-7,9-10H2,(H,17,19)(H,20,21). The molecule has 1 aliphatic rings. The monoisotopic (exact) mass is 336 g/mol. The summed E-state index contributed by atoms with van der Waals surface area (Å²) in [5.74, 6) is -1.95. The van der Waals surface area contributed by atoms with E-state index in [-0.39, 0.29) is 30.5 Å². The molecule has 1 aromatic rings. The van der Waals surface area contributed by atoms with Gasteiger partial charge in [-0.25, -0.2) is 0 Å². The number of aliphatic carboxylic acids is 1. The molecule has 0 aromatic heterocycles. The molecule has 130 valence electrons. The third kappa shape index (κ3) is 5.02. The number of nitrogens with zero attached hydrogens (tertiary/aromatic N) is 1. The van der Waals surface area contributed by atoms with Gasteiger partial charge in [-0.3, -0.25) is 19.7 Å². The third-order valence-electron chi connectivity index (χ3n) is 4.16. The Bertz CT molecular complexity index is 612. The van der Waals surface area contributed by atoms with Gasteiger partial charge < -0.3 is 15.2 Å². The largest absolute Gasteiger partial charge is 0.481 e. The molecule has 8 nitrogen and oxygen atoms in total. The second kappa shape index (κ2) is 8.39. The second-order valence-corrected chi connectivity index (χ2v) is 5.80. The first-order valence-electron chi connectivity index (χ1n) is 7.78. The van der Waals surface area contributed by atoms with Crippen LogP contribution in [0.2, 0.25) is 0 Å². The normalized spacial score (nSPS) is 16.3. The Kier molecular flexibility index (Phi) is 6.25. The van der Waals surface area contributed by atoms with Gasteiger partial charge in [-0.2, -0.15) is 0 Å². The summed E-state index contributed by atoms with van der Waals surface area (Å²) in [6, 6.07) is 5.84. The highest BCUT2D eigenvalue weighted by Gasteiger charge is 2.30. The first kappa shape index (κ1) is 17.9. The number of ether oxygens (including phenoxy) is 1. The van der Waals surface area contributed by atoms with E-state index in [4.69, 9.17) is 4.74 Å². The molecule has 0 radical (unpaired) electrons. The van der Waals surface area contributed by atoms with Crippen LogP contribution >= 0.6 is 0 Å². The highest BCUT2D eigenvalue weighted by atomic mass is 16.6. The molecule has 0 bridgehead atoms. The van der Waals surface area contributed by atoms with E-state index in [1.165, 1.54) is 18.2 Å². The van der Waals surface area contributed by atoms with Crippen LogP contribution in [0, 0.1) is 22.0 Å². The van der Waals surface area contributed by atoms with Crippen LogP contribution < -0.4 is 5.32 Å². The molecular weight excluding hydrogens is 316 g/mol. The van der Waals surface area contributed by atoms with Gasteiger partial charge in [0.25, 0.3) is 5.69 Å². The summed E-state index contributed by atoms with van der Waals surface area (Å²) in [7, 11) is 0. The highest BCUT2D eigenvalue weighted by molar-refractivity contribution is 5.79. The number of benzene rings is 1. The number of hydrogen-bond donors (Lipinski definition) is 2. The van der Waals surface area contributed by atoms with Gasteiger partial charge in [0.05, 0.1) is 17.3 Å². The number of rotatable bonds is 7. The topological polar surface area (TPSA) is 119 Å². The van der Waals surface area contributed by atoms with Crippen LogP contribution in [0.1, 0.15) is 18.4 Å². The average molecular weight is 336 g/mol. The number of carbonyl (C=O) groups is 2. The molecule has 8 heteroatoms. The van der Waals surface area contributed by atoms with Gasteiger partial charge in [-0.1, -0.05) is 12.1 Å². The molecule has 1 amide bonds. The molecule has 1 aliphatic heterocycles. The fourth-order valence-electron chi connectivity index (χ4n) is 2.83. The van der Waals surface area contributed by atoms with Gasteiger partial charge in [0.15, 0.2) is 0 Å². The maximum absolute atomic E-state index is 12.0. The predicted molar refractivity (Wildman–Crippen MR) is 84.5 cm³/mol. The quantitative estimate of drug-likeness (QED) is 0.573. The average Bonchev–Trinajstić information content (AvgIpc) is 2.56. The van der Waals surface area contributed by atoms with Crippen LogP contribution in [0.25, 0.3) is 0 Å². The third-order valence-corrected chi connectivity index (χ3v) is 4.16. The van der Waals surface area contributed by atoms with Crippen molar-refractivity contribution >= 4 is 17.6 Å². The van der Waals surface area contributed by atoms with Crippen molar-refractivity contribution in [3.63, 3.8) is 0 Å². The van der Waals surface area contributed by atoms with E-state index >= 15 is 0 Å². The fraction of sp³-hybridized carbons (Fsp3) is 0.500. The number of carboxylic acid groups (broad SMARTS) is 1. The molecule has 2 N–H and O–H groups in total. The van der Waals surface area contributed by atoms with E-state index in [1.807, 2.05) is 0 Å². The molecule has 0 aliphatic carbocycles. The van der Waals surface area contributed by atoms with Crippen LogP contribution in [-0.4, -0.2) is 41.7 Å². The summed E-state index contributed by atoms with van der Waals surface area (Å²) in [5.41, 5.74) is 0.436. The van der Waals surface area contributed by atoms with Crippen LogP contribution in [0.5, 0.6) is 0 Å². The van der Waals surface area contributed by atoms with Gasteiger partial charge in [-0.05, 0) is 24.3 Å². The minimum atomic E-state index is -0.933. The zero-order valence-electron chi connectivity index (χ0n) is 13.1. The lowest BCUT2D eigenvalue weighted by atomic mass is 9.86. The SMILES string of the molecule is O=C(Cc1cccc([N+](=O)[O-])c1)NCC(C(=O)O)C1CCOCC1. The second-order valence-electron chi connectivity index (χ2n) is 5.80. The molecule has 1 aromatic carbocycles. The molecule has 24 heavy (non-hydrogen) atoms. The summed E-state index contributed by atoms with van der Waals surface area (Å²) in [6.45, 7) is 1.12. The van der Waals surface area contributed by atoms with Crippen molar-refractivity contribution in [3.8, 4) is 0 Å². The zero-order chi connectivity index (χ0) is 17.5. The number of nitro benzene ring substituents is 1. The van der Waals surface area contributed by atoms with E-state index in [9.17, 15) is 24.8 Å². The molecule has 1 fully saturated rings. The summed E-state index contributed by atoms with van der Waals surface area (Å²) < 4.78 is 5.23. The van der Waals surface area contributed by atoms with Crippen LogP contribution in [0.15, 0.2) is 24.3 Å². The zero-order valence-corrected chi connectivity index (χ0v) is 13.1. The number of nitro groups is 1. The van der Waals surface area contributed by atoms with Crippen molar-refractivity contribution in [2.45, 2.75) is 19.3 Å². The number of carboxylic acids is 1. The van der Waals surface area contributed by atoms with Crippen molar-refractivity contribution in [2.75, 3.05) is 19.8 Å². The Balaban J connectivity index is 1.90. The molecular formula is C16H20N2O6. The van der Waals surface area contributed by atoms with Crippen molar-refractivity contribution in [2.24, 2.45) is 11.8 Å². The lowest BCUT2D eigenvalue weighted by molar-refractivity contribution is -0.384. The Morgan fingerprint density at radius 3 is 2.71 bits per heavy atom. The number of amides is 1. The number of hydrogen-bond acceptors (Lipinski definition) is 5. The summed E-state index contributed by atoms with van der Waals surface area (Å²) in [6.07, 6.45) is 1.30. The molecule has 1 unspecified atom stereocenters. The highest BCUT2D eigenvalue weighted by Crippen LogP contribution is 2.23. The van der Waals surface area contributed by atoms with E-state index in [2.05, 4.69) is 5.32 Å². The Morgan fingerprint density at radius 1 is 1.38 bits per heavy atom. The fourth-order valence-corrected chi connectivity index (χ4v) is 2.83. The summed E-state index contributed by atoms with van der Waals surface area (Å²) in [4.78, 5) is 33.6. The number of nitrogens with one attached hydrogen (secondary N) is 1. The molecule has 2 rings (SSSR count). The molecule has 1 heterocycles. The molecule has 1 atom stereocenters. The van der Waals surface area contributed by atoms with Crippen molar-refractivity contribution in [1.29, 1.82) is 0 Å². The number of non-ortho nitro benzene ring substituents is 1. The van der Waals surface area contributed by atoms with E-state index in [1.54, 1.807) is 6.07 Å².